The maximum atomic E-state index is 13.2. The van der Waals surface area contributed by atoms with Crippen molar-refractivity contribution in [3.63, 3.8) is 0 Å². The molecule has 1 N–H and O–H groups in total. The molecular weight excluding hydrogens is 297 g/mol. The van der Waals surface area contributed by atoms with Crippen LogP contribution in [0.1, 0.15) is 27.2 Å². The fourth-order valence-corrected chi connectivity index (χ4v) is 2.50. The maximum Gasteiger partial charge on any atom is 0.282 e. The molecular formula is C13H12FN3O3S. The normalized spacial score (nSPS) is 10.4. The smallest absolute Gasteiger partial charge is 0.282 e. The van der Waals surface area contributed by atoms with E-state index in [4.69, 9.17) is 0 Å². The zero-order chi connectivity index (χ0) is 15.4. The van der Waals surface area contributed by atoms with E-state index in [0.29, 0.717) is 5.01 Å². The summed E-state index contributed by atoms with van der Waals surface area (Å²) in [4.78, 5) is 27.3. The Morgan fingerprint density at radius 1 is 1.52 bits per heavy atom. The zero-order valence-corrected chi connectivity index (χ0v) is 11.9. The minimum atomic E-state index is -0.715. The van der Waals surface area contributed by atoms with E-state index in [1.54, 1.807) is 6.20 Å². The van der Waals surface area contributed by atoms with Gasteiger partial charge in [0.1, 0.15) is 16.4 Å². The van der Waals surface area contributed by atoms with Gasteiger partial charge in [0, 0.05) is 17.1 Å². The van der Waals surface area contributed by atoms with Crippen LogP contribution < -0.4 is 5.32 Å². The molecule has 0 aliphatic carbocycles. The van der Waals surface area contributed by atoms with Gasteiger partial charge in [-0.1, -0.05) is 6.92 Å². The van der Waals surface area contributed by atoms with Gasteiger partial charge in [0.15, 0.2) is 0 Å². The van der Waals surface area contributed by atoms with Crippen molar-refractivity contribution in [2.75, 3.05) is 0 Å². The van der Waals surface area contributed by atoms with Crippen LogP contribution in [0.15, 0.2) is 24.4 Å². The van der Waals surface area contributed by atoms with Gasteiger partial charge in [0.2, 0.25) is 0 Å². The highest BCUT2D eigenvalue weighted by atomic mass is 32.1. The molecule has 21 heavy (non-hydrogen) atoms. The van der Waals surface area contributed by atoms with Crippen LogP contribution >= 0.6 is 11.3 Å². The minimum Gasteiger partial charge on any atom is -0.345 e. The van der Waals surface area contributed by atoms with Crippen LogP contribution in [0.5, 0.6) is 0 Å². The molecule has 0 radical (unpaired) electrons. The second kappa shape index (κ2) is 6.40. The predicted octanol–water partition coefficient (Wildman–Crippen LogP) is 2.68. The highest BCUT2D eigenvalue weighted by molar-refractivity contribution is 7.11. The molecule has 110 valence electrons. The lowest BCUT2D eigenvalue weighted by atomic mass is 10.1. The number of aromatic nitrogens is 1. The molecule has 0 spiro atoms. The van der Waals surface area contributed by atoms with Crippen molar-refractivity contribution in [2.24, 2.45) is 0 Å². The third-order valence-corrected chi connectivity index (χ3v) is 3.89. The molecule has 0 fully saturated rings. The van der Waals surface area contributed by atoms with Crippen molar-refractivity contribution in [2.45, 2.75) is 19.9 Å². The highest BCUT2D eigenvalue weighted by Crippen LogP contribution is 2.20. The first-order valence-corrected chi connectivity index (χ1v) is 6.98. The Morgan fingerprint density at radius 3 is 2.90 bits per heavy atom. The Balaban J connectivity index is 2.13. The van der Waals surface area contributed by atoms with E-state index in [0.717, 1.165) is 29.5 Å². The summed E-state index contributed by atoms with van der Waals surface area (Å²) in [6, 6.07) is 2.78. The Kier molecular flexibility index (Phi) is 4.59. The summed E-state index contributed by atoms with van der Waals surface area (Å²) in [5, 5.41) is 14.1. The minimum absolute atomic E-state index is 0.150. The van der Waals surface area contributed by atoms with Gasteiger partial charge in [0.05, 0.1) is 11.5 Å². The molecule has 0 atom stereocenters. The molecule has 0 unspecified atom stereocenters. The number of nitrogens with zero attached hydrogens (tertiary/aromatic N) is 2. The van der Waals surface area contributed by atoms with Crippen LogP contribution in [0.4, 0.5) is 10.1 Å². The van der Waals surface area contributed by atoms with Crippen LogP contribution in [0.2, 0.25) is 0 Å². The first-order chi connectivity index (χ1) is 10.0. The summed E-state index contributed by atoms with van der Waals surface area (Å²) in [5.41, 5.74) is -0.727. The van der Waals surface area contributed by atoms with E-state index < -0.39 is 22.3 Å². The predicted molar refractivity (Wildman–Crippen MR) is 75.7 cm³/mol. The zero-order valence-electron chi connectivity index (χ0n) is 11.1. The molecule has 1 aromatic carbocycles. The number of benzene rings is 1. The summed E-state index contributed by atoms with van der Waals surface area (Å²) < 4.78 is 13.2. The fraction of sp³-hybridized carbons (Fsp3) is 0.231. The second-order valence-corrected chi connectivity index (χ2v) is 5.37. The number of nitrogens with one attached hydrogen (secondary N) is 1. The number of hydrogen-bond donors (Lipinski definition) is 1. The van der Waals surface area contributed by atoms with E-state index >= 15 is 0 Å². The number of carbonyl (C=O) groups excluding carboxylic acids is 1. The molecule has 1 heterocycles. The van der Waals surface area contributed by atoms with Gasteiger partial charge < -0.3 is 5.32 Å². The van der Waals surface area contributed by atoms with E-state index in [9.17, 15) is 19.3 Å². The number of halogens is 1. The number of rotatable bonds is 5. The Hall–Kier alpha value is -2.35. The quantitative estimate of drug-likeness (QED) is 0.679. The Bertz CT molecular complexity index is 687. The average molecular weight is 309 g/mol. The van der Waals surface area contributed by atoms with Crippen molar-refractivity contribution in [1.29, 1.82) is 0 Å². The lowest BCUT2D eigenvalue weighted by molar-refractivity contribution is -0.385. The van der Waals surface area contributed by atoms with E-state index in [1.165, 1.54) is 11.3 Å². The summed E-state index contributed by atoms with van der Waals surface area (Å²) >= 11 is 1.45. The van der Waals surface area contributed by atoms with Crippen molar-refractivity contribution in [1.82, 2.24) is 10.3 Å². The summed E-state index contributed by atoms with van der Waals surface area (Å²) in [7, 11) is 0. The third kappa shape index (κ3) is 3.60. The van der Waals surface area contributed by atoms with Gasteiger partial charge in [-0.25, -0.2) is 9.37 Å². The van der Waals surface area contributed by atoms with Crippen LogP contribution in [0.25, 0.3) is 0 Å². The van der Waals surface area contributed by atoms with Crippen molar-refractivity contribution in [3.8, 4) is 0 Å². The lowest BCUT2D eigenvalue weighted by Crippen LogP contribution is -2.23. The molecule has 0 saturated carbocycles. The molecule has 0 saturated heterocycles. The summed E-state index contributed by atoms with van der Waals surface area (Å²) in [6.45, 7) is 2.14. The average Bonchev–Trinajstić information content (AvgIpc) is 2.92. The number of thiazole rings is 1. The molecule has 0 aliphatic rings. The number of amides is 1. The topological polar surface area (TPSA) is 85.1 Å². The highest BCUT2D eigenvalue weighted by Gasteiger charge is 2.20. The van der Waals surface area contributed by atoms with Crippen molar-refractivity contribution < 1.29 is 14.1 Å². The number of hydrogen-bond acceptors (Lipinski definition) is 5. The standard InChI is InChI=1S/C13H12FN3O3S/c1-2-9-6-15-12(21-9)7-16-13(18)10-5-8(14)3-4-11(10)17(19)20/h3-6H,2,7H2,1H3,(H,16,18). The molecule has 8 heteroatoms. The monoisotopic (exact) mass is 309 g/mol. The van der Waals surface area contributed by atoms with E-state index in [-0.39, 0.29) is 12.1 Å². The number of carbonyl (C=O) groups is 1. The van der Waals surface area contributed by atoms with Crippen molar-refractivity contribution in [3.05, 3.63) is 55.8 Å². The van der Waals surface area contributed by atoms with Crippen LogP contribution in [0.3, 0.4) is 0 Å². The molecule has 6 nitrogen and oxygen atoms in total. The second-order valence-electron chi connectivity index (χ2n) is 4.18. The lowest BCUT2D eigenvalue weighted by Gasteiger charge is -2.04. The molecule has 1 aromatic heterocycles. The number of aryl methyl sites for hydroxylation is 1. The molecule has 2 rings (SSSR count). The van der Waals surface area contributed by atoms with Crippen molar-refractivity contribution >= 4 is 22.9 Å². The SMILES string of the molecule is CCc1cnc(CNC(=O)c2cc(F)ccc2[N+](=O)[O-])s1. The van der Waals surface area contributed by atoms with Crippen LogP contribution in [0, 0.1) is 15.9 Å². The third-order valence-electron chi connectivity index (χ3n) is 2.75. The number of nitro benzene ring substituents is 1. The van der Waals surface area contributed by atoms with Gasteiger partial charge in [-0.2, -0.15) is 0 Å². The first-order valence-electron chi connectivity index (χ1n) is 6.17. The van der Waals surface area contributed by atoms with Gasteiger partial charge in [-0.05, 0) is 18.6 Å². The van der Waals surface area contributed by atoms with Gasteiger partial charge in [-0.15, -0.1) is 11.3 Å². The maximum absolute atomic E-state index is 13.2. The van der Waals surface area contributed by atoms with Gasteiger partial charge >= 0.3 is 0 Å². The Labute approximate surface area is 123 Å². The number of nitro groups is 1. The Morgan fingerprint density at radius 2 is 2.29 bits per heavy atom. The largest absolute Gasteiger partial charge is 0.345 e. The van der Waals surface area contributed by atoms with Crippen LogP contribution in [-0.2, 0) is 13.0 Å². The molecule has 1 amide bonds. The van der Waals surface area contributed by atoms with E-state index in [1.807, 2.05) is 6.92 Å². The van der Waals surface area contributed by atoms with E-state index in [2.05, 4.69) is 10.3 Å². The summed E-state index contributed by atoms with van der Waals surface area (Å²) in [5.74, 6) is -1.40. The summed E-state index contributed by atoms with van der Waals surface area (Å²) in [6.07, 6.45) is 2.57. The molecule has 2 aromatic rings. The van der Waals surface area contributed by atoms with Gasteiger partial charge in [0.25, 0.3) is 11.6 Å². The molecule has 0 bridgehead atoms. The van der Waals surface area contributed by atoms with Crippen LogP contribution in [-0.4, -0.2) is 15.8 Å². The first kappa shape index (κ1) is 15.0. The molecule has 0 aliphatic heterocycles. The van der Waals surface area contributed by atoms with Gasteiger partial charge in [-0.3, -0.25) is 14.9 Å². The fourth-order valence-electron chi connectivity index (χ4n) is 1.69.